The van der Waals surface area contributed by atoms with E-state index in [1.807, 2.05) is 0 Å². The number of anilines is 1. The summed E-state index contributed by atoms with van der Waals surface area (Å²) in [6.45, 7) is 1.98. The van der Waals surface area contributed by atoms with Crippen LogP contribution in [0.15, 0.2) is 10.9 Å². The summed E-state index contributed by atoms with van der Waals surface area (Å²) in [5.74, 6) is -0.104. The van der Waals surface area contributed by atoms with Gasteiger partial charge in [0.2, 0.25) is 5.56 Å². The minimum Gasteiger partial charge on any atom is -0.462 e. The third kappa shape index (κ3) is 2.55. The van der Waals surface area contributed by atoms with Gasteiger partial charge in [-0.2, -0.15) is 0 Å². The van der Waals surface area contributed by atoms with Gasteiger partial charge in [-0.3, -0.25) is 4.79 Å². The lowest BCUT2D eigenvalue weighted by Gasteiger charge is -2.11. The van der Waals surface area contributed by atoms with Gasteiger partial charge in [-0.05, 0) is 12.5 Å². The van der Waals surface area contributed by atoms with Crippen LogP contribution >= 0.6 is 11.6 Å². The van der Waals surface area contributed by atoms with Crippen LogP contribution in [0.2, 0.25) is 0 Å². The summed E-state index contributed by atoms with van der Waals surface area (Å²) in [6, 6.07) is 1.29. The summed E-state index contributed by atoms with van der Waals surface area (Å²) in [5.41, 5.74) is 0.417. The Morgan fingerprint density at radius 2 is 2.31 bits per heavy atom. The highest BCUT2D eigenvalue weighted by Crippen LogP contribution is 2.18. The Morgan fingerprint density at radius 3 is 2.81 bits per heavy atom. The minimum absolute atomic E-state index is 0.0761. The first-order valence-electron chi connectivity index (χ1n) is 4.81. The molecule has 0 aromatic carbocycles. The maximum absolute atomic E-state index is 11.7. The molecule has 0 aliphatic heterocycles. The standard InChI is InChI=1S/C10H13ClN2O3/c1-3-16-10(15)8-6(5-11)4-7(14)13-9(8)12-2/h4H,3,5H2,1-2H3,(H2,12,13,14). The zero-order chi connectivity index (χ0) is 12.1. The summed E-state index contributed by atoms with van der Waals surface area (Å²) < 4.78 is 4.89. The average Bonchev–Trinajstić information content (AvgIpc) is 2.27. The van der Waals surface area contributed by atoms with Gasteiger partial charge in [0.1, 0.15) is 11.4 Å². The van der Waals surface area contributed by atoms with E-state index in [9.17, 15) is 9.59 Å². The van der Waals surface area contributed by atoms with Crippen molar-refractivity contribution < 1.29 is 9.53 Å². The number of nitrogens with one attached hydrogen (secondary N) is 2. The van der Waals surface area contributed by atoms with Gasteiger partial charge in [-0.25, -0.2) is 4.79 Å². The summed E-state index contributed by atoms with van der Waals surface area (Å²) in [5, 5.41) is 2.74. The smallest absolute Gasteiger partial charge is 0.342 e. The Bertz CT molecular complexity index is 414. The predicted molar refractivity (Wildman–Crippen MR) is 62.1 cm³/mol. The number of hydrogen-bond donors (Lipinski definition) is 2. The molecule has 0 aliphatic rings. The average molecular weight is 245 g/mol. The second kappa shape index (κ2) is 5.55. The van der Waals surface area contributed by atoms with E-state index < -0.39 is 5.97 Å². The van der Waals surface area contributed by atoms with Crippen molar-refractivity contribution in [3.63, 3.8) is 0 Å². The molecular weight excluding hydrogens is 232 g/mol. The zero-order valence-corrected chi connectivity index (χ0v) is 9.85. The molecule has 6 heteroatoms. The van der Waals surface area contributed by atoms with E-state index in [0.29, 0.717) is 11.4 Å². The molecule has 0 aliphatic carbocycles. The summed E-state index contributed by atoms with van der Waals surface area (Å²) in [6.07, 6.45) is 0. The molecule has 0 unspecified atom stereocenters. The van der Waals surface area contributed by atoms with Gasteiger partial charge in [-0.1, -0.05) is 0 Å². The number of carbonyl (C=O) groups excluding carboxylic acids is 1. The summed E-state index contributed by atoms with van der Waals surface area (Å²) >= 11 is 5.69. The molecule has 2 N–H and O–H groups in total. The van der Waals surface area contributed by atoms with Gasteiger partial charge in [0.15, 0.2) is 0 Å². The lowest BCUT2D eigenvalue weighted by molar-refractivity contribution is 0.0526. The van der Waals surface area contributed by atoms with Crippen LogP contribution in [0.5, 0.6) is 0 Å². The van der Waals surface area contributed by atoms with Crippen LogP contribution < -0.4 is 10.9 Å². The SMILES string of the molecule is CCOC(=O)c1c(CCl)cc(=O)[nH]c1NC. The van der Waals surface area contributed by atoms with Crippen LogP contribution in [0.1, 0.15) is 22.8 Å². The number of pyridine rings is 1. The van der Waals surface area contributed by atoms with Gasteiger partial charge in [0, 0.05) is 19.0 Å². The number of aromatic amines is 1. The maximum atomic E-state index is 11.7. The van der Waals surface area contributed by atoms with Crippen LogP contribution in [0.3, 0.4) is 0 Å². The summed E-state index contributed by atoms with van der Waals surface area (Å²) in [4.78, 5) is 25.4. The molecule has 88 valence electrons. The molecular formula is C10H13ClN2O3. The Balaban J connectivity index is 3.32. The van der Waals surface area contributed by atoms with E-state index >= 15 is 0 Å². The molecule has 0 radical (unpaired) electrons. The molecule has 0 fully saturated rings. The van der Waals surface area contributed by atoms with Crippen molar-refractivity contribution in [1.82, 2.24) is 4.98 Å². The molecule has 0 spiro atoms. The van der Waals surface area contributed by atoms with Gasteiger partial charge in [0.25, 0.3) is 0 Å². The molecule has 16 heavy (non-hydrogen) atoms. The third-order valence-corrected chi connectivity index (χ3v) is 2.29. The van der Waals surface area contributed by atoms with Crippen molar-refractivity contribution in [2.45, 2.75) is 12.8 Å². The molecule has 1 aromatic heterocycles. The fourth-order valence-electron chi connectivity index (χ4n) is 1.34. The van der Waals surface area contributed by atoms with E-state index in [1.54, 1.807) is 14.0 Å². The Labute approximate surface area is 97.8 Å². The molecule has 1 rings (SSSR count). The Hall–Kier alpha value is -1.49. The van der Waals surface area contributed by atoms with Crippen LogP contribution in [0.4, 0.5) is 5.82 Å². The molecule has 0 saturated heterocycles. The van der Waals surface area contributed by atoms with E-state index in [0.717, 1.165) is 0 Å². The summed E-state index contributed by atoms with van der Waals surface area (Å²) in [7, 11) is 1.60. The topological polar surface area (TPSA) is 71.2 Å². The largest absolute Gasteiger partial charge is 0.462 e. The number of aromatic nitrogens is 1. The van der Waals surface area contributed by atoms with E-state index in [4.69, 9.17) is 16.3 Å². The lowest BCUT2D eigenvalue weighted by Crippen LogP contribution is -2.18. The molecule has 0 atom stereocenters. The quantitative estimate of drug-likeness (QED) is 0.619. The van der Waals surface area contributed by atoms with Crippen molar-refractivity contribution in [3.05, 3.63) is 27.5 Å². The predicted octanol–water partition coefficient (Wildman–Crippen LogP) is 1.33. The Kier molecular flexibility index (Phi) is 4.37. The van der Waals surface area contributed by atoms with Gasteiger partial charge in [0.05, 0.1) is 6.61 Å². The normalized spacial score (nSPS) is 9.94. The first-order valence-corrected chi connectivity index (χ1v) is 5.34. The zero-order valence-electron chi connectivity index (χ0n) is 9.09. The van der Waals surface area contributed by atoms with Gasteiger partial charge in [-0.15, -0.1) is 11.6 Å². The molecule has 0 saturated carbocycles. The van der Waals surface area contributed by atoms with Gasteiger partial charge >= 0.3 is 5.97 Å². The highest BCUT2D eigenvalue weighted by Gasteiger charge is 2.18. The van der Waals surface area contributed by atoms with Crippen molar-refractivity contribution >= 4 is 23.4 Å². The van der Waals surface area contributed by atoms with E-state index in [1.165, 1.54) is 6.07 Å². The second-order valence-corrected chi connectivity index (χ2v) is 3.28. The molecule has 1 heterocycles. The van der Waals surface area contributed by atoms with Crippen LogP contribution in [-0.4, -0.2) is 24.6 Å². The number of ether oxygens (including phenoxy) is 1. The highest BCUT2D eigenvalue weighted by molar-refractivity contribution is 6.17. The van der Waals surface area contributed by atoms with E-state index in [2.05, 4.69) is 10.3 Å². The van der Waals surface area contributed by atoms with Crippen molar-refractivity contribution in [2.24, 2.45) is 0 Å². The van der Waals surface area contributed by atoms with Crippen molar-refractivity contribution in [2.75, 3.05) is 19.0 Å². The number of rotatable bonds is 4. The molecule has 1 aromatic rings. The highest BCUT2D eigenvalue weighted by atomic mass is 35.5. The number of halogens is 1. The molecule has 5 nitrogen and oxygen atoms in total. The van der Waals surface area contributed by atoms with E-state index in [-0.39, 0.29) is 23.6 Å². The minimum atomic E-state index is -0.501. The molecule has 0 amide bonds. The van der Waals surface area contributed by atoms with Crippen LogP contribution in [0.25, 0.3) is 0 Å². The van der Waals surface area contributed by atoms with Crippen LogP contribution in [-0.2, 0) is 10.6 Å². The monoisotopic (exact) mass is 244 g/mol. The number of carbonyl (C=O) groups is 1. The van der Waals surface area contributed by atoms with Crippen molar-refractivity contribution in [1.29, 1.82) is 0 Å². The number of H-pyrrole nitrogens is 1. The number of hydrogen-bond acceptors (Lipinski definition) is 4. The number of alkyl halides is 1. The number of esters is 1. The fourth-order valence-corrected chi connectivity index (χ4v) is 1.55. The second-order valence-electron chi connectivity index (χ2n) is 3.01. The molecule has 0 bridgehead atoms. The lowest BCUT2D eigenvalue weighted by atomic mass is 10.1. The first kappa shape index (κ1) is 12.6. The van der Waals surface area contributed by atoms with Crippen LogP contribution in [0, 0.1) is 0 Å². The van der Waals surface area contributed by atoms with Gasteiger partial charge < -0.3 is 15.0 Å². The third-order valence-electron chi connectivity index (χ3n) is 2.00. The Morgan fingerprint density at radius 1 is 1.62 bits per heavy atom. The fraction of sp³-hybridized carbons (Fsp3) is 0.400. The first-order chi connectivity index (χ1) is 7.63. The maximum Gasteiger partial charge on any atom is 0.342 e. The van der Waals surface area contributed by atoms with Crippen molar-refractivity contribution in [3.8, 4) is 0 Å².